The molecular formula is C19H23NO4S. The summed E-state index contributed by atoms with van der Waals surface area (Å²) in [6.07, 6.45) is 1.78. The molecule has 0 radical (unpaired) electrons. The third-order valence-electron chi connectivity index (χ3n) is 4.50. The van der Waals surface area contributed by atoms with E-state index in [4.69, 9.17) is 4.74 Å². The van der Waals surface area contributed by atoms with Crippen molar-refractivity contribution in [1.82, 2.24) is 4.72 Å². The number of aliphatic hydroxyl groups is 1. The first-order valence-corrected chi connectivity index (χ1v) is 9.95. The van der Waals surface area contributed by atoms with Crippen molar-refractivity contribution in [3.63, 3.8) is 0 Å². The van der Waals surface area contributed by atoms with Crippen LogP contribution in [0.2, 0.25) is 0 Å². The third kappa shape index (κ3) is 3.86. The lowest BCUT2D eigenvalue weighted by molar-refractivity contribution is 0.0185. The number of rotatable bonds is 8. The van der Waals surface area contributed by atoms with E-state index in [9.17, 15) is 13.5 Å². The lowest BCUT2D eigenvalue weighted by atomic mass is 9.89. The summed E-state index contributed by atoms with van der Waals surface area (Å²) >= 11 is 0. The van der Waals surface area contributed by atoms with Gasteiger partial charge in [-0.05, 0) is 43.4 Å². The van der Waals surface area contributed by atoms with Gasteiger partial charge < -0.3 is 9.84 Å². The number of sulfonamides is 1. The Hall–Kier alpha value is -1.89. The Morgan fingerprint density at radius 2 is 1.76 bits per heavy atom. The molecule has 0 heterocycles. The van der Waals surface area contributed by atoms with Crippen LogP contribution in [0.4, 0.5) is 0 Å². The molecule has 134 valence electrons. The zero-order valence-electron chi connectivity index (χ0n) is 14.2. The molecule has 1 atom stereocenters. The van der Waals surface area contributed by atoms with Gasteiger partial charge in [-0.1, -0.05) is 42.5 Å². The largest absolute Gasteiger partial charge is 0.492 e. The molecule has 0 amide bonds. The average Bonchev–Trinajstić information content (AvgIpc) is 3.47. The molecule has 1 aliphatic rings. The van der Waals surface area contributed by atoms with Crippen molar-refractivity contribution in [2.24, 2.45) is 5.92 Å². The first-order chi connectivity index (χ1) is 12.0. The molecule has 2 N–H and O–H groups in total. The van der Waals surface area contributed by atoms with Crippen LogP contribution in [-0.4, -0.2) is 26.7 Å². The molecule has 0 bridgehead atoms. The molecular weight excluding hydrogens is 338 g/mol. The highest BCUT2D eigenvalue weighted by Crippen LogP contribution is 2.45. The summed E-state index contributed by atoms with van der Waals surface area (Å²) in [5, 5.41) is 11.1. The molecule has 1 unspecified atom stereocenters. The lowest BCUT2D eigenvalue weighted by Gasteiger charge is -2.29. The highest BCUT2D eigenvalue weighted by Gasteiger charge is 2.45. The lowest BCUT2D eigenvalue weighted by Crippen LogP contribution is -2.42. The first kappa shape index (κ1) is 17.9. The van der Waals surface area contributed by atoms with E-state index in [1.165, 1.54) is 6.07 Å². The van der Waals surface area contributed by atoms with Crippen LogP contribution in [0.5, 0.6) is 5.75 Å². The second-order valence-electron chi connectivity index (χ2n) is 6.27. The predicted molar refractivity (Wildman–Crippen MR) is 95.9 cm³/mol. The van der Waals surface area contributed by atoms with Gasteiger partial charge in [-0.2, -0.15) is 0 Å². The van der Waals surface area contributed by atoms with E-state index in [1.807, 2.05) is 30.3 Å². The number of nitrogens with one attached hydrogen (secondary N) is 1. The first-order valence-electron chi connectivity index (χ1n) is 8.47. The molecule has 0 aliphatic heterocycles. The Balaban J connectivity index is 1.84. The number of ether oxygens (including phenoxy) is 1. The fourth-order valence-corrected chi connectivity index (χ4v) is 4.21. The second-order valence-corrected chi connectivity index (χ2v) is 8.00. The van der Waals surface area contributed by atoms with Crippen molar-refractivity contribution < 1.29 is 18.3 Å². The van der Waals surface area contributed by atoms with Crippen LogP contribution in [0.25, 0.3) is 0 Å². The number of para-hydroxylation sites is 1. The zero-order valence-corrected chi connectivity index (χ0v) is 15.0. The molecule has 6 heteroatoms. The number of benzene rings is 2. The molecule has 3 rings (SSSR count). The van der Waals surface area contributed by atoms with E-state index in [0.29, 0.717) is 12.4 Å². The minimum atomic E-state index is -3.80. The SMILES string of the molecule is CCOc1ccccc1S(=O)(=O)NCC(O)(c1ccccc1)C1CC1. The van der Waals surface area contributed by atoms with E-state index < -0.39 is 15.6 Å². The standard InChI is InChI=1S/C19H23NO4S/c1-2-24-17-10-6-7-11-18(17)25(22,23)20-14-19(21,16-12-13-16)15-8-4-3-5-9-15/h3-11,16,20-21H,2,12-14H2,1H3. The quantitative estimate of drug-likeness (QED) is 0.758. The minimum Gasteiger partial charge on any atom is -0.492 e. The van der Waals surface area contributed by atoms with Crippen LogP contribution in [0.3, 0.4) is 0 Å². The zero-order chi connectivity index (χ0) is 17.9. The van der Waals surface area contributed by atoms with Crippen molar-refractivity contribution in [2.75, 3.05) is 13.2 Å². The van der Waals surface area contributed by atoms with Gasteiger partial charge in [0, 0.05) is 6.54 Å². The molecule has 2 aromatic carbocycles. The molecule has 1 fully saturated rings. The Bertz CT molecular complexity index is 818. The summed E-state index contributed by atoms with van der Waals surface area (Å²) in [7, 11) is -3.80. The average molecular weight is 361 g/mol. The summed E-state index contributed by atoms with van der Waals surface area (Å²) in [6, 6.07) is 15.8. The maximum atomic E-state index is 12.7. The summed E-state index contributed by atoms with van der Waals surface area (Å²) in [4.78, 5) is 0.0862. The van der Waals surface area contributed by atoms with Gasteiger partial charge in [-0.25, -0.2) is 13.1 Å². The third-order valence-corrected chi connectivity index (χ3v) is 5.94. The van der Waals surface area contributed by atoms with E-state index >= 15 is 0 Å². The van der Waals surface area contributed by atoms with Crippen LogP contribution in [0.15, 0.2) is 59.5 Å². The minimum absolute atomic E-state index is 0.0650. The maximum Gasteiger partial charge on any atom is 0.244 e. The van der Waals surface area contributed by atoms with Crippen molar-refractivity contribution in [3.8, 4) is 5.75 Å². The predicted octanol–water partition coefficient (Wildman–Crippen LogP) is 2.66. The molecule has 25 heavy (non-hydrogen) atoms. The van der Waals surface area contributed by atoms with Gasteiger partial charge in [0.15, 0.2) is 0 Å². The Morgan fingerprint density at radius 3 is 2.40 bits per heavy atom. The van der Waals surface area contributed by atoms with Gasteiger partial charge in [0.1, 0.15) is 16.2 Å². The molecule has 5 nitrogen and oxygen atoms in total. The highest BCUT2D eigenvalue weighted by atomic mass is 32.2. The summed E-state index contributed by atoms with van der Waals surface area (Å²) < 4.78 is 33.5. The van der Waals surface area contributed by atoms with Crippen molar-refractivity contribution in [1.29, 1.82) is 0 Å². The normalized spacial score (nSPS) is 17.0. The highest BCUT2D eigenvalue weighted by molar-refractivity contribution is 7.89. The van der Waals surface area contributed by atoms with Crippen LogP contribution < -0.4 is 9.46 Å². The Kier molecular flexibility index (Phi) is 5.13. The molecule has 1 aliphatic carbocycles. The van der Waals surface area contributed by atoms with Crippen LogP contribution in [0, 0.1) is 5.92 Å². The molecule has 1 saturated carbocycles. The van der Waals surface area contributed by atoms with Crippen molar-refractivity contribution in [3.05, 3.63) is 60.2 Å². The molecule has 0 aromatic heterocycles. The summed E-state index contributed by atoms with van der Waals surface area (Å²) in [5.41, 5.74) is -0.465. The van der Waals surface area contributed by atoms with Crippen molar-refractivity contribution >= 4 is 10.0 Å². The van der Waals surface area contributed by atoms with E-state index in [1.54, 1.807) is 25.1 Å². The van der Waals surface area contributed by atoms with E-state index in [0.717, 1.165) is 18.4 Å². The van der Waals surface area contributed by atoms with Crippen LogP contribution in [-0.2, 0) is 15.6 Å². The summed E-state index contributed by atoms with van der Waals surface area (Å²) in [5.74, 6) is 0.381. The number of hydrogen-bond acceptors (Lipinski definition) is 4. The molecule has 0 spiro atoms. The van der Waals surface area contributed by atoms with Gasteiger partial charge >= 0.3 is 0 Å². The smallest absolute Gasteiger partial charge is 0.244 e. The Morgan fingerprint density at radius 1 is 1.12 bits per heavy atom. The van der Waals surface area contributed by atoms with Gasteiger partial charge in [0.05, 0.1) is 6.61 Å². The number of hydrogen-bond donors (Lipinski definition) is 2. The van der Waals surface area contributed by atoms with Crippen LogP contribution in [0.1, 0.15) is 25.3 Å². The van der Waals surface area contributed by atoms with E-state index in [-0.39, 0.29) is 17.4 Å². The maximum absolute atomic E-state index is 12.7. The Labute approximate surface area is 148 Å². The van der Waals surface area contributed by atoms with Gasteiger partial charge in [-0.3, -0.25) is 0 Å². The second kappa shape index (κ2) is 7.15. The van der Waals surface area contributed by atoms with Crippen LogP contribution >= 0.6 is 0 Å². The summed E-state index contributed by atoms with van der Waals surface area (Å²) in [6.45, 7) is 2.12. The molecule has 2 aromatic rings. The van der Waals surface area contributed by atoms with Gasteiger partial charge in [0.25, 0.3) is 0 Å². The van der Waals surface area contributed by atoms with Crippen molar-refractivity contribution in [2.45, 2.75) is 30.3 Å². The van der Waals surface area contributed by atoms with E-state index in [2.05, 4.69) is 4.72 Å². The van der Waals surface area contributed by atoms with Gasteiger partial charge in [0.2, 0.25) is 10.0 Å². The fourth-order valence-electron chi connectivity index (χ4n) is 3.00. The molecule has 0 saturated heterocycles. The fraction of sp³-hybridized carbons (Fsp3) is 0.368. The topological polar surface area (TPSA) is 75.6 Å². The monoisotopic (exact) mass is 361 g/mol. The van der Waals surface area contributed by atoms with Gasteiger partial charge in [-0.15, -0.1) is 0 Å².